The molecule has 5 nitrogen and oxygen atoms in total. The third-order valence-electron chi connectivity index (χ3n) is 2.60. The topological polar surface area (TPSA) is 70.1 Å². The number of H-pyrrole nitrogens is 1. The fourth-order valence-electron chi connectivity index (χ4n) is 1.51. The van der Waals surface area contributed by atoms with Gasteiger partial charge in [-0.25, -0.2) is 5.43 Å². The normalized spacial score (nSPS) is 11.5. The minimum atomic E-state index is -0.381. The second kappa shape index (κ2) is 6.07. The largest absolute Gasteiger partial charge is 0.291 e. The van der Waals surface area contributed by atoms with Gasteiger partial charge in [0, 0.05) is 5.69 Å². The standard InChI is InChI=1S/C13H12Cl2N4O/c1-7-5-12(18-16-7)13(20)19-17-8(2)9-3-4-10(14)11(15)6-9/h3-6H,1-2H3,(H,16,18)(H,19,20)/b17-8+. The molecule has 1 heterocycles. The van der Waals surface area contributed by atoms with Gasteiger partial charge >= 0.3 is 0 Å². The van der Waals surface area contributed by atoms with Gasteiger partial charge in [-0.1, -0.05) is 29.3 Å². The molecule has 0 atom stereocenters. The Balaban J connectivity index is 2.10. The summed E-state index contributed by atoms with van der Waals surface area (Å²) in [7, 11) is 0. The average molecular weight is 311 g/mol. The van der Waals surface area contributed by atoms with Crippen LogP contribution in [0.3, 0.4) is 0 Å². The number of benzene rings is 1. The number of hydrazone groups is 1. The second-order valence-corrected chi connectivity index (χ2v) is 5.02. The summed E-state index contributed by atoms with van der Waals surface area (Å²) in [6.45, 7) is 3.57. The maximum atomic E-state index is 11.8. The molecule has 0 unspecified atom stereocenters. The molecule has 0 saturated heterocycles. The van der Waals surface area contributed by atoms with Crippen LogP contribution in [0.5, 0.6) is 0 Å². The molecule has 2 aromatic rings. The molecule has 0 fully saturated rings. The molecule has 20 heavy (non-hydrogen) atoms. The van der Waals surface area contributed by atoms with Crippen molar-refractivity contribution in [1.82, 2.24) is 15.6 Å². The molecule has 0 radical (unpaired) electrons. The predicted molar refractivity (Wildman–Crippen MR) is 79.5 cm³/mol. The quantitative estimate of drug-likeness (QED) is 0.675. The molecule has 1 aromatic carbocycles. The second-order valence-electron chi connectivity index (χ2n) is 4.20. The summed E-state index contributed by atoms with van der Waals surface area (Å²) < 4.78 is 0. The zero-order valence-corrected chi connectivity index (χ0v) is 12.4. The lowest BCUT2D eigenvalue weighted by molar-refractivity contribution is 0.0950. The summed E-state index contributed by atoms with van der Waals surface area (Å²) in [6.07, 6.45) is 0. The zero-order chi connectivity index (χ0) is 14.7. The van der Waals surface area contributed by atoms with E-state index in [2.05, 4.69) is 20.7 Å². The van der Waals surface area contributed by atoms with Crippen molar-refractivity contribution in [1.29, 1.82) is 0 Å². The van der Waals surface area contributed by atoms with Crippen molar-refractivity contribution in [2.24, 2.45) is 5.10 Å². The molecular formula is C13H12Cl2N4O. The van der Waals surface area contributed by atoms with Crippen molar-refractivity contribution in [3.05, 3.63) is 51.3 Å². The van der Waals surface area contributed by atoms with Crippen LogP contribution >= 0.6 is 23.2 Å². The molecule has 7 heteroatoms. The van der Waals surface area contributed by atoms with Gasteiger partial charge in [-0.15, -0.1) is 0 Å². The van der Waals surface area contributed by atoms with Gasteiger partial charge in [0.25, 0.3) is 5.91 Å². The van der Waals surface area contributed by atoms with Crippen LogP contribution in [0.2, 0.25) is 10.0 Å². The van der Waals surface area contributed by atoms with E-state index in [1.54, 1.807) is 31.2 Å². The number of nitrogens with zero attached hydrogens (tertiary/aromatic N) is 2. The third kappa shape index (κ3) is 3.37. The molecule has 2 rings (SSSR count). The highest BCUT2D eigenvalue weighted by molar-refractivity contribution is 6.42. The Bertz CT molecular complexity index is 679. The van der Waals surface area contributed by atoms with Crippen LogP contribution < -0.4 is 5.43 Å². The Kier molecular flexibility index (Phi) is 4.42. The molecule has 0 spiro atoms. The summed E-state index contributed by atoms with van der Waals surface area (Å²) in [5.74, 6) is -0.381. The molecule has 2 N–H and O–H groups in total. The van der Waals surface area contributed by atoms with E-state index >= 15 is 0 Å². The summed E-state index contributed by atoms with van der Waals surface area (Å²) in [5, 5.41) is 11.5. The minimum absolute atomic E-state index is 0.285. The van der Waals surface area contributed by atoms with E-state index in [0.29, 0.717) is 15.8 Å². The number of carbonyl (C=O) groups is 1. The van der Waals surface area contributed by atoms with Gasteiger partial charge in [-0.05, 0) is 37.6 Å². The van der Waals surface area contributed by atoms with Crippen molar-refractivity contribution in [2.75, 3.05) is 0 Å². The molecule has 0 bridgehead atoms. The zero-order valence-electron chi connectivity index (χ0n) is 10.9. The van der Waals surface area contributed by atoms with Gasteiger partial charge in [0.05, 0.1) is 15.8 Å². The first-order valence-electron chi connectivity index (χ1n) is 5.79. The van der Waals surface area contributed by atoms with Crippen LogP contribution in [0.25, 0.3) is 0 Å². The van der Waals surface area contributed by atoms with Crippen molar-refractivity contribution in [3.8, 4) is 0 Å². The number of aryl methyl sites for hydroxylation is 1. The summed E-state index contributed by atoms with van der Waals surface area (Å²) in [6, 6.07) is 6.78. The van der Waals surface area contributed by atoms with Gasteiger partial charge in [0.15, 0.2) is 5.69 Å². The fraction of sp³-hybridized carbons (Fsp3) is 0.154. The molecule has 0 aliphatic carbocycles. The molecule has 0 aliphatic heterocycles. The lowest BCUT2D eigenvalue weighted by Gasteiger charge is -2.03. The molecule has 104 valence electrons. The maximum absolute atomic E-state index is 11.8. The third-order valence-corrected chi connectivity index (χ3v) is 3.34. The van der Waals surface area contributed by atoms with E-state index in [4.69, 9.17) is 23.2 Å². The van der Waals surface area contributed by atoms with Gasteiger partial charge < -0.3 is 0 Å². The Morgan fingerprint density at radius 3 is 2.65 bits per heavy atom. The van der Waals surface area contributed by atoms with Gasteiger partial charge in [0.2, 0.25) is 0 Å². The van der Waals surface area contributed by atoms with E-state index in [1.807, 2.05) is 6.92 Å². The lowest BCUT2D eigenvalue weighted by atomic mass is 10.1. The number of hydrogen-bond donors (Lipinski definition) is 2. The van der Waals surface area contributed by atoms with Crippen LogP contribution in [-0.2, 0) is 0 Å². The fourth-order valence-corrected chi connectivity index (χ4v) is 1.81. The highest BCUT2D eigenvalue weighted by Crippen LogP contribution is 2.22. The van der Waals surface area contributed by atoms with E-state index in [9.17, 15) is 4.79 Å². The number of aromatic amines is 1. The number of carbonyl (C=O) groups excluding carboxylic acids is 1. The maximum Gasteiger partial charge on any atom is 0.291 e. The first-order chi connectivity index (χ1) is 9.47. The lowest BCUT2D eigenvalue weighted by Crippen LogP contribution is -2.19. The minimum Gasteiger partial charge on any atom is -0.282 e. The van der Waals surface area contributed by atoms with Gasteiger partial charge in [-0.3, -0.25) is 9.89 Å². The molecular weight excluding hydrogens is 299 g/mol. The Morgan fingerprint density at radius 2 is 2.05 bits per heavy atom. The summed E-state index contributed by atoms with van der Waals surface area (Å²) in [4.78, 5) is 11.8. The molecule has 0 saturated carbocycles. The molecule has 1 aromatic heterocycles. The first-order valence-corrected chi connectivity index (χ1v) is 6.55. The molecule has 1 amide bonds. The summed E-state index contributed by atoms with van der Waals surface area (Å²) in [5.41, 5.74) is 4.92. The smallest absolute Gasteiger partial charge is 0.282 e. The highest BCUT2D eigenvalue weighted by Gasteiger charge is 2.08. The SMILES string of the molecule is C/C(=N\NC(=O)c1cc(C)[nH]n1)c1ccc(Cl)c(Cl)c1. The number of hydrogen-bond acceptors (Lipinski definition) is 3. The number of aromatic nitrogens is 2. The van der Waals surface area contributed by atoms with Gasteiger partial charge in [0.1, 0.15) is 0 Å². The Labute approximate surface area is 126 Å². The monoisotopic (exact) mass is 310 g/mol. The van der Waals surface area contributed by atoms with Crippen molar-refractivity contribution < 1.29 is 4.79 Å². The average Bonchev–Trinajstić information content (AvgIpc) is 2.85. The van der Waals surface area contributed by atoms with E-state index < -0.39 is 0 Å². The van der Waals surface area contributed by atoms with Crippen LogP contribution in [0.15, 0.2) is 29.4 Å². The van der Waals surface area contributed by atoms with Crippen LogP contribution in [0.4, 0.5) is 0 Å². The molecule has 0 aliphatic rings. The predicted octanol–water partition coefficient (Wildman–Crippen LogP) is 3.18. The number of nitrogens with one attached hydrogen (secondary N) is 2. The van der Waals surface area contributed by atoms with Crippen LogP contribution in [-0.4, -0.2) is 21.8 Å². The summed E-state index contributed by atoms with van der Waals surface area (Å²) >= 11 is 11.8. The Morgan fingerprint density at radius 1 is 1.30 bits per heavy atom. The van der Waals surface area contributed by atoms with Crippen molar-refractivity contribution in [3.63, 3.8) is 0 Å². The van der Waals surface area contributed by atoms with Crippen molar-refractivity contribution >= 4 is 34.8 Å². The first kappa shape index (κ1) is 14.6. The van der Waals surface area contributed by atoms with Crippen molar-refractivity contribution in [2.45, 2.75) is 13.8 Å². The van der Waals surface area contributed by atoms with Crippen LogP contribution in [0.1, 0.15) is 28.7 Å². The number of rotatable bonds is 3. The van der Waals surface area contributed by atoms with Crippen LogP contribution in [0, 0.1) is 6.92 Å². The van der Waals surface area contributed by atoms with E-state index in [-0.39, 0.29) is 11.6 Å². The van der Waals surface area contributed by atoms with Gasteiger partial charge in [-0.2, -0.15) is 10.2 Å². The van der Waals surface area contributed by atoms with E-state index in [0.717, 1.165) is 11.3 Å². The number of halogens is 2. The Hall–Kier alpha value is -1.85. The number of amides is 1. The van der Waals surface area contributed by atoms with E-state index in [1.165, 1.54) is 0 Å². The highest BCUT2D eigenvalue weighted by atomic mass is 35.5.